The number of pyridine rings is 1. The van der Waals surface area contributed by atoms with Gasteiger partial charge in [0.2, 0.25) is 5.91 Å². The van der Waals surface area contributed by atoms with Gasteiger partial charge in [0.05, 0.1) is 18.0 Å². The summed E-state index contributed by atoms with van der Waals surface area (Å²) < 4.78 is 5.06. The molecule has 7 nitrogen and oxygen atoms in total. The fourth-order valence-corrected chi connectivity index (χ4v) is 2.97. The van der Waals surface area contributed by atoms with Crippen LogP contribution >= 0.6 is 0 Å². The molecule has 23 heavy (non-hydrogen) atoms. The summed E-state index contributed by atoms with van der Waals surface area (Å²) >= 11 is 0. The van der Waals surface area contributed by atoms with E-state index in [0.717, 1.165) is 5.56 Å². The number of nitrogens with zero attached hydrogens (tertiary/aromatic N) is 3. The van der Waals surface area contributed by atoms with Crippen LogP contribution < -0.4 is 0 Å². The Balaban J connectivity index is 1.74. The minimum absolute atomic E-state index is 0.0935. The van der Waals surface area contributed by atoms with E-state index >= 15 is 0 Å². The Hall–Kier alpha value is -2.70. The highest BCUT2D eigenvalue weighted by Crippen LogP contribution is 2.33. The second-order valence-electron chi connectivity index (χ2n) is 5.74. The molecule has 120 valence electrons. The molecule has 1 saturated heterocycles. The molecule has 0 saturated carbocycles. The van der Waals surface area contributed by atoms with Crippen molar-refractivity contribution in [2.45, 2.75) is 19.3 Å². The average Bonchev–Trinajstić information content (AvgIpc) is 3.15. The first-order valence-corrected chi connectivity index (χ1v) is 7.37. The molecule has 0 aliphatic carbocycles. The zero-order valence-electron chi connectivity index (χ0n) is 12.7. The summed E-state index contributed by atoms with van der Waals surface area (Å²) in [5.74, 6) is -1.39. The molecule has 0 spiro atoms. The number of amides is 1. The minimum atomic E-state index is -0.891. The van der Waals surface area contributed by atoms with Gasteiger partial charge in [-0.05, 0) is 24.6 Å². The number of carboxylic acid groups (broad SMARTS) is 1. The Morgan fingerprint density at radius 2 is 2.09 bits per heavy atom. The largest absolute Gasteiger partial charge is 0.481 e. The molecule has 1 amide bonds. The molecular formula is C16H17N3O4. The highest BCUT2D eigenvalue weighted by atomic mass is 16.5. The van der Waals surface area contributed by atoms with Crippen LogP contribution in [-0.4, -0.2) is 45.1 Å². The summed E-state index contributed by atoms with van der Waals surface area (Å²) in [6.45, 7) is 2.37. The second-order valence-corrected chi connectivity index (χ2v) is 5.74. The molecule has 1 aliphatic heterocycles. The molecule has 1 fully saturated rings. The standard InChI is InChI=1S/C16H17N3O4/c1-10-6-12(23-18-10)7-15(20)19-8-13(14(9-19)16(21)22)11-2-4-17-5-3-11/h2-6,13-14H,7-9H2,1H3,(H,21,22)/t13-,14+/m0/s1. The summed E-state index contributed by atoms with van der Waals surface area (Å²) in [5.41, 5.74) is 1.60. The van der Waals surface area contributed by atoms with Gasteiger partial charge in [0.15, 0.2) is 0 Å². The van der Waals surface area contributed by atoms with Crippen molar-refractivity contribution in [1.29, 1.82) is 0 Å². The lowest BCUT2D eigenvalue weighted by atomic mass is 9.90. The van der Waals surface area contributed by atoms with Crippen LogP contribution in [0.1, 0.15) is 22.9 Å². The number of hydrogen-bond acceptors (Lipinski definition) is 5. The Morgan fingerprint density at radius 1 is 1.35 bits per heavy atom. The maximum Gasteiger partial charge on any atom is 0.308 e. The van der Waals surface area contributed by atoms with Gasteiger partial charge in [-0.1, -0.05) is 5.16 Å². The molecule has 3 rings (SSSR count). The molecule has 0 unspecified atom stereocenters. The van der Waals surface area contributed by atoms with Gasteiger partial charge in [0.25, 0.3) is 0 Å². The molecule has 1 aliphatic rings. The van der Waals surface area contributed by atoms with E-state index in [4.69, 9.17) is 4.52 Å². The van der Waals surface area contributed by atoms with Crippen LogP contribution in [0, 0.1) is 12.8 Å². The highest BCUT2D eigenvalue weighted by Gasteiger charge is 2.40. The molecule has 0 bridgehead atoms. The lowest BCUT2D eigenvalue weighted by molar-refractivity contribution is -0.141. The van der Waals surface area contributed by atoms with Gasteiger partial charge in [-0.25, -0.2) is 0 Å². The van der Waals surface area contributed by atoms with E-state index in [2.05, 4.69) is 10.1 Å². The number of aryl methyl sites for hydroxylation is 1. The number of carboxylic acids is 1. The lowest BCUT2D eigenvalue weighted by Gasteiger charge is -2.15. The molecule has 2 atom stereocenters. The molecule has 3 heterocycles. The summed E-state index contributed by atoms with van der Waals surface area (Å²) in [6.07, 6.45) is 3.36. The van der Waals surface area contributed by atoms with Crippen molar-refractivity contribution in [2.75, 3.05) is 13.1 Å². The number of carbonyl (C=O) groups excluding carboxylic acids is 1. The quantitative estimate of drug-likeness (QED) is 0.912. The monoisotopic (exact) mass is 315 g/mol. The number of carbonyl (C=O) groups is 2. The van der Waals surface area contributed by atoms with Gasteiger partial charge >= 0.3 is 5.97 Å². The topological polar surface area (TPSA) is 96.5 Å². The van der Waals surface area contributed by atoms with E-state index in [0.29, 0.717) is 18.0 Å². The third kappa shape index (κ3) is 3.23. The van der Waals surface area contributed by atoms with Crippen molar-refractivity contribution in [3.63, 3.8) is 0 Å². The van der Waals surface area contributed by atoms with Crippen molar-refractivity contribution < 1.29 is 19.2 Å². The maximum absolute atomic E-state index is 12.4. The van der Waals surface area contributed by atoms with Gasteiger partial charge in [-0.2, -0.15) is 0 Å². The first kappa shape index (κ1) is 15.2. The molecule has 2 aromatic rings. The number of hydrogen-bond donors (Lipinski definition) is 1. The Kier molecular flexibility index (Phi) is 4.10. The fourth-order valence-electron chi connectivity index (χ4n) is 2.97. The molecule has 7 heteroatoms. The Bertz CT molecular complexity index is 713. The first-order valence-electron chi connectivity index (χ1n) is 7.37. The number of aromatic nitrogens is 2. The van der Waals surface area contributed by atoms with Gasteiger partial charge in [-0.15, -0.1) is 0 Å². The Labute approximate surface area is 132 Å². The van der Waals surface area contributed by atoms with E-state index in [1.165, 1.54) is 0 Å². The van der Waals surface area contributed by atoms with E-state index < -0.39 is 11.9 Å². The van der Waals surface area contributed by atoms with Crippen LogP contribution in [0.3, 0.4) is 0 Å². The van der Waals surface area contributed by atoms with Crippen LogP contribution in [0.25, 0.3) is 0 Å². The predicted octanol–water partition coefficient (Wildman–Crippen LogP) is 1.25. The Morgan fingerprint density at radius 3 is 2.70 bits per heavy atom. The predicted molar refractivity (Wildman–Crippen MR) is 79.6 cm³/mol. The van der Waals surface area contributed by atoms with Crippen molar-refractivity contribution in [1.82, 2.24) is 15.0 Å². The van der Waals surface area contributed by atoms with E-state index in [1.807, 2.05) is 0 Å². The summed E-state index contributed by atoms with van der Waals surface area (Å²) in [7, 11) is 0. The van der Waals surface area contributed by atoms with Gasteiger partial charge in [0.1, 0.15) is 5.76 Å². The van der Waals surface area contributed by atoms with Gasteiger partial charge in [-0.3, -0.25) is 14.6 Å². The van der Waals surface area contributed by atoms with E-state index in [-0.39, 0.29) is 24.8 Å². The number of likely N-dealkylation sites (tertiary alicyclic amines) is 1. The molecule has 2 aromatic heterocycles. The summed E-state index contributed by atoms with van der Waals surface area (Å²) in [4.78, 5) is 29.5. The van der Waals surface area contributed by atoms with Crippen LogP contribution in [0.2, 0.25) is 0 Å². The summed E-state index contributed by atoms with van der Waals surface area (Å²) in [5, 5.41) is 13.2. The summed E-state index contributed by atoms with van der Waals surface area (Å²) in [6, 6.07) is 5.31. The highest BCUT2D eigenvalue weighted by molar-refractivity contribution is 5.81. The smallest absolute Gasteiger partial charge is 0.308 e. The fraction of sp³-hybridized carbons (Fsp3) is 0.375. The number of aliphatic carboxylic acids is 1. The average molecular weight is 315 g/mol. The van der Waals surface area contributed by atoms with Crippen LogP contribution in [0.5, 0.6) is 0 Å². The van der Waals surface area contributed by atoms with Crippen molar-refractivity contribution in [3.05, 3.63) is 47.6 Å². The third-order valence-electron chi connectivity index (χ3n) is 4.13. The van der Waals surface area contributed by atoms with E-state index in [9.17, 15) is 14.7 Å². The normalized spacial score (nSPS) is 20.7. The van der Waals surface area contributed by atoms with Crippen molar-refractivity contribution in [3.8, 4) is 0 Å². The van der Waals surface area contributed by atoms with Crippen LogP contribution in [-0.2, 0) is 16.0 Å². The SMILES string of the molecule is Cc1cc(CC(=O)N2C[C@@H](C(=O)O)[C@H](c3ccncc3)C2)on1. The maximum atomic E-state index is 12.4. The zero-order chi connectivity index (χ0) is 16.4. The molecule has 1 N–H and O–H groups in total. The van der Waals surface area contributed by atoms with Gasteiger partial charge in [0, 0.05) is 37.5 Å². The van der Waals surface area contributed by atoms with Crippen molar-refractivity contribution in [2.24, 2.45) is 5.92 Å². The van der Waals surface area contributed by atoms with Crippen LogP contribution in [0.4, 0.5) is 0 Å². The molecule has 0 aromatic carbocycles. The number of rotatable bonds is 4. The molecule has 0 radical (unpaired) electrons. The molecular weight excluding hydrogens is 298 g/mol. The minimum Gasteiger partial charge on any atom is -0.481 e. The van der Waals surface area contributed by atoms with Crippen molar-refractivity contribution >= 4 is 11.9 Å². The van der Waals surface area contributed by atoms with E-state index in [1.54, 1.807) is 42.4 Å². The zero-order valence-corrected chi connectivity index (χ0v) is 12.7. The first-order chi connectivity index (χ1) is 11.0. The van der Waals surface area contributed by atoms with Crippen LogP contribution in [0.15, 0.2) is 35.1 Å². The lowest BCUT2D eigenvalue weighted by Crippen LogP contribution is -2.31. The second kappa shape index (κ2) is 6.20. The third-order valence-corrected chi connectivity index (χ3v) is 4.13. The van der Waals surface area contributed by atoms with Gasteiger partial charge < -0.3 is 14.5 Å².